The summed E-state index contributed by atoms with van der Waals surface area (Å²) < 4.78 is 19.5. The number of hydrogen-bond donors (Lipinski definition) is 2. The number of carbonyl (C=O) groups is 3. The minimum atomic E-state index is -1.01. The fourth-order valence-electron chi connectivity index (χ4n) is 4.20. The van der Waals surface area contributed by atoms with E-state index in [9.17, 15) is 18.8 Å². The van der Waals surface area contributed by atoms with Crippen molar-refractivity contribution >= 4 is 34.9 Å². The Morgan fingerprint density at radius 3 is 2.55 bits per heavy atom. The molecule has 192 valence electrons. The normalized spacial score (nSPS) is 16.7. The maximum Gasteiger partial charge on any atom is 0.411 e. The topological polar surface area (TPSA) is 101 Å². The third-order valence-electron chi connectivity index (χ3n) is 6.03. The number of pyridine rings is 1. The number of hydrogen-bond acceptors (Lipinski definition) is 6. The first-order valence-electron chi connectivity index (χ1n) is 11.8. The summed E-state index contributed by atoms with van der Waals surface area (Å²) in [5.41, 5.74) is 2.46. The predicted molar refractivity (Wildman–Crippen MR) is 140 cm³/mol. The molecule has 0 unspecified atom stereocenters. The molecule has 3 amide bonds. The van der Waals surface area contributed by atoms with Crippen molar-refractivity contribution in [2.75, 3.05) is 5.32 Å². The molecule has 5 rings (SSSR count). The molecule has 1 aliphatic heterocycles. The fraction of sp³-hybridized carbons (Fsp3) is 0.143. The Morgan fingerprint density at radius 1 is 1.03 bits per heavy atom. The van der Waals surface area contributed by atoms with Crippen LogP contribution in [0.3, 0.4) is 0 Å². The van der Waals surface area contributed by atoms with Gasteiger partial charge in [-0.1, -0.05) is 36.4 Å². The Hall–Kier alpha value is -4.57. The number of benzene rings is 2. The summed E-state index contributed by atoms with van der Waals surface area (Å²) in [6.07, 6.45) is 1.68. The lowest BCUT2D eigenvalue weighted by atomic mass is 10.00. The van der Waals surface area contributed by atoms with Crippen molar-refractivity contribution < 1.29 is 23.5 Å². The van der Waals surface area contributed by atoms with Crippen LogP contribution in [-0.2, 0) is 22.6 Å². The maximum absolute atomic E-state index is 13.8. The van der Waals surface area contributed by atoms with Crippen LogP contribution in [-0.4, -0.2) is 33.8 Å². The lowest BCUT2D eigenvalue weighted by Gasteiger charge is -2.24. The summed E-state index contributed by atoms with van der Waals surface area (Å²) in [5, 5.41) is 7.50. The standard InChI is InChI=1S/C28H23FN4O4S/c29-21-6-1-4-18(14-21)17-33-24(27(35)31-16-19-5-2-12-30-15-19)25(37-28(33)36)20-8-10-22(11-9-20)32-26(34)23-7-3-13-38-23/h1-15,24-25H,16-17H2,(H,31,35)(H,32,34)/t24-,25+/m0/s1. The second kappa shape index (κ2) is 11.2. The van der Waals surface area contributed by atoms with Gasteiger partial charge in [-0.15, -0.1) is 11.3 Å². The molecule has 0 spiro atoms. The van der Waals surface area contributed by atoms with Gasteiger partial charge in [0.15, 0.2) is 12.1 Å². The van der Waals surface area contributed by atoms with Crippen LogP contribution in [0.4, 0.5) is 14.9 Å². The van der Waals surface area contributed by atoms with Crippen molar-refractivity contribution in [2.45, 2.75) is 25.2 Å². The Bertz CT molecular complexity index is 1430. The highest BCUT2D eigenvalue weighted by Crippen LogP contribution is 2.34. The van der Waals surface area contributed by atoms with E-state index < -0.39 is 30.0 Å². The quantitative estimate of drug-likeness (QED) is 0.337. The molecule has 3 heterocycles. The number of nitrogens with one attached hydrogen (secondary N) is 2. The number of cyclic esters (lactones) is 1. The molecular formula is C28H23FN4O4S. The average molecular weight is 531 g/mol. The van der Waals surface area contributed by atoms with Gasteiger partial charge in [0.1, 0.15) is 5.82 Å². The number of nitrogens with zero attached hydrogens (tertiary/aromatic N) is 2. The first kappa shape index (κ1) is 25.1. The van der Waals surface area contributed by atoms with Crippen LogP contribution in [0.2, 0.25) is 0 Å². The fourth-order valence-corrected chi connectivity index (χ4v) is 4.81. The molecule has 2 N–H and O–H groups in total. The summed E-state index contributed by atoms with van der Waals surface area (Å²) in [7, 11) is 0. The van der Waals surface area contributed by atoms with Crippen molar-refractivity contribution in [3.05, 3.63) is 118 Å². The summed E-state index contributed by atoms with van der Waals surface area (Å²) in [5.74, 6) is -1.09. The van der Waals surface area contributed by atoms with E-state index in [0.717, 1.165) is 5.56 Å². The minimum absolute atomic E-state index is 0.00692. The molecule has 0 radical (unpaired) electrons. The lowest BCUT2D eigenvalue weighted by molar-refractivity contribution is -0.126. The average Bonchev–Trinajstić information content (AvgIpc) is 3.57. The second-order valence-electron chi connectivity index (χ2n) is 8.64. The van der Waals surface area contributed by atoms with Gasteiger partial charge < -0.3 is 15.4 Å². The van der Waals surface area contributed by atoms with Crippen molar-refractivity contribution in [3.8, 4) is 0 Å². The van der Waals surface area contributed by atoms with Gasteiger partial charge in [0, 0.05) is 24.6 Å². The minimum Gasteiger partial charge on any atom is -0.438 e. The number of ether oxygens (including phenoxy) is 1. The molecule has 1 aliphatic rings. The molecular weight excluding hydrogens is 507 g/mol. The predicted octanol–water partition coefficient (Wildman–Crippen LogP) is 4.91. The van der Waals surface area contributed by atoms with Crippen LogP contribution in [0.15, 0.2) is 90.6 Å². The third-order valence-corrected chi connectivity index (χ3v) is 6.90. The van der Waals surface area contributed by atoms with Gasteiger partial charge in [-0.3, -0.25) is 19.5 Å². The Balaban J connectivity index is 1.37. The Labute approximate surface area is 222 Å². The van der Waals surface area contributed by atoms with Gasteiger partial charge in [0.2, 0.25) is 5.91 Å². The Morgan fingerprint density at radius 2 is 1.84 bits per heavy atom. The SMILES string of the molecule is O=C(Nc1ccc([C@H]2OC(=O)N(Cc3cccc(F)c3)[C@@H]2C(=O)NCc2cccnc2)cc1)c1cccs1. The monoisotopic (exact) mass is 530 g/mol. The highest BCUT2D eigenvalue weighted by atomic mass is 32.1. The number of amides is 3. The van der Waals surface area contributed by atoms with E-state index in [4.69, 9.17) is 4.74 Å². The smallest absolute Gasteiger partial charge is 0.411 e. The Kier molecular flexibility index (Phi) is 7.41. The van der Waals surface area contributed by atoms with E-state index in [1.54, 1.807) is 67.0 Å². The van der Waals surface area contributed by atoms with Gasteiger partial charge in [-0.2, -0.15) is 0 Å². The largest absolute Gasteiger partial charge is 0.438 e. The van der Waals surface area contributed by atoms with E-state index in [2.05, 4.69) is 15.6 Å². The van der Waals surface area contributed by atoms with Crippen LogP contribution in [0.25, 0.3) is 0 Å². The van der Waals surface area contributed by atoms with E-state index >= 15 is 0 Å². The van der Waals surface area contributed by atoms with E-state index in [1.807, 2.05) is 11.4 Å². The first-order chi connectivity index (χ1) is 18.5. The van der Waals surface area contributed by atoms with Gasteiger partial charge in [0.05, 0.1) is 11.4 Å². The highest BCUT2D eigenvalue weighted by Gasteiger charge is 2.47. The molecule has 2 aromatic carbocycles. The van der Waals surface area contributed by atoms with Crippen LogP contribution < -0.4 is 10.6 Å². The van der Waals surface area contributed by atoms with Gasteiger partial charge in [0.25, 0.3) is 5.91 Å². The molecule has 0 aliphatic carbocycles. The number of anilines is 1. The summed E-state index contributed by atoms with van der Waals surface area (Å²) in [6, 6.07) is 18.8. The zero-order valence-corrected chi connectivity index (χ0v) is 20.9. The zero-order chi connectivity index (χ0) is 26.5. The lowest BCUT2D eigenvalue weighted by Crippen LogP contribution is -2.46. The number of carbonyl (C=O) groups excluding carboxylic acids is 3. The van der Waals surface area contributed by atoms with Crippen LogP contribution in [0.5, 0.6) is 0 Å². The van der Waals surface area contributed by atoms with Gasteiger partial charge in [-0.05, 0) is 58.5 Å². The molecule has 0 saturated carbocycles. The van der Waals surface area contributed by atoms with Crippen LogP contribution in [0, 0.1) is 5.82 Å². The summed E-state index contributed by atoms with van der Waals surface area (Å²) in [4.78, 5) is 44.7. The number of aromatic nitrogens is 1. The van der Waals surface area contributed by atoms with E-state index in [-0.39, 0.29) is 19.0 Å². The van der Waals surface area contributed by atoms with Crippen molar-refractivity contribution in [2.24, 2.45) is 0 Å². The molecule has 1 fully saturated rings. The number of rotatable bonds is 8. The van der Waals surface area contributed by atoms with Crippen LogP contribution >= 0.6 is 11.3 Å². The van der Waals surface area contributed by atoms with Gasteiger partial charge in [-0.25, -0.2) is 9.18 Å². The zero-order valence-electron chi connectivity index (χ0n) is 20.0. The maximum atomic E-state index is 13.8. The van der Waals surface area contributed by atoms with Crippen molar-refractivity contribution in [3.63, 3.8) is 0 Å². The third kappa shape index (κ3) is 5.70. The van der Waals surface area contributed by atoms with Crippen molar-refractivity contribution in [1.29, 1.82) is 0 Å². The number of halogens is 1. The molecule has 4 aromatic rings. The van der Waals surface area contributed by atoms with Gasteiger partial charge >= 0.3 is 6.09 Å². The molecule has 1 saturated heterocycles. The summed E-state index contributed by atoms with van der Waals surface area (Å²) in [6.45, 7) is 0.207. The molecule has 38 heavy (non-hydrogen) atoms. The molecule has 10 heteroatoms. The van der Waals surface area contributed by atoms with Crippen LogP contribution in [0.1, 0.15) is 32.5 Å². The summed E-state index contributed by atoms with van der Waals surface area (Å²) >= 11 is 1.34. The first-order valence-corrected chi connectivity index (χ1v) is 12.7. The molecule has 2 atom stereocenters. The van der Waals surface area contributed by atoms with E-state index in [1.165, 1.54) is 28.4 Å². The highest BCUT2D eigenvalue weighted by molar-refractivity contribution is 7.12. The number of thiophene rings is 1. The molecule has 8 nitrogen and oxygen atoms in total. The van der Waals surface area contributed by atoms with E-state index in [0.29, 0.717) is 21.7 Å². The molecule has 0 bridgehead atoms. The van der Waals surface area contributed by atoms with Crippen molar-refractivity contribution in [1.82, 2.24) is 15.2 Å². The molecule has 2 aromatic heterocycles. The second-order valence-corrected chi connectivity index (χ2v) is 9.59.